The first-order valence-electron chi connectivity index (χ1n) is 7.40. The first-order chi connectivity index (χ1) is 11.2. The van der Waals surface area contributed by atoms with Crippen LogP contribution in [0, 0.1) is 0 Å². The van der Waals surface area contributed by atoms with Gasteiger partial charge >= 0.3 is 0 Å². The Hall–Kier alpha value is -2.66. The average molecular weight is 312 g/mol. The van der Waals surface area contributed by atoms with Gasteiger partial charge in [-0.3, -0.25) is 9.59 Å². The zero-order valence-corrected chi connectivity index (χ0v) is 13.0. The molecule has 2 N–H and O–H groups in total. The maximum Gasteiger partial charge on any atom is 0.253 e. The monoisotopic (exact) mass is 312 g/mol. The molecule has 0 aliphatic heterocycles. The van der Waals surface area contributed by atoms with Crippen molar-refractivity contribution >= 4 is 17.5 Å². The average Bonchev–Trinajstić information content (AvgIpc) is 2.56. The number of carbonyl (C=O) groups excluding carboxylic acids is 2. The lowest BCUT2D eigenvalue weighted by atomic mass is 10.1. The Morgan fingerprint density at radius 3 is 2.43 bits per heavy atom. The number of benzene rings is 2. The summed E-state index contributed by atoms with van der Waals surface area (Å²) in [5.41, 5.74) is 2.08. The van der Waals surface area contributed by atoms with E-state index in [0.29, 0.717) is 17.8 Å². The van der Waals surface area contributed by atoms with Crippen LogP contribution in [0.5, 0.6) is 0 Å². The number of para-hydroxylation sites is 1. The van der Waals surface area contributed by atoms with Crippen molar-refractivity contribution in [3.8, 4) is 0 Å². The van der Waals surface area contributed by atoms with E-state index in [1.807, 2.05) is 30.3 Å². The van der Waals surface area contributed by atoms with Crippen LogP contribution in [0.2, 0.25) is 0 Å². The minimum Gasteiger partial charge on any atom is -0.375 e. The van der Waals surface area contributed by atoms with Gasteiger partial charge in [0.25, 0.3) is 5.91 Å². The van der Waals surface area contributed by atoms with Crippen molar-refractivity contribution in [1.82, 2.24) is 5.32 Å². The largest absolute Gasteiger partial charge is 0.375 e. The minimum atomic E-state index is -0.294. The summed E-state index contributed by atoms with van der Waals surface area (Å²) in [7, 11) is 1.45. The Balaban J connectivity index is 1.95. The summed E-state index contributed by atoms with van der Waals surface area (Å²) in [5.74, 6) is -0.508. The SMILES string of the molecule is COCC(=O)Nc1ccccc1C(=O)NCCc1ccccc1. The number of hydrogen-bond acceptors (Lipinski definition) is 3. The van der Waals surface area contributed by atoms with E-state index in [1.54, 1.807) is 24.3 Å². The number of ether oxygens (including phenoxy) is 1. The van der Waals surface area contributed by atoms with Gasteiger partial charge in [0.2, 0.25) is 5.91 Å². The molecule has 0 bridgehead atoms. The van der Waals surface area contributed by atoms with Crippen molar-refractivity contribution in [3.63, 3.8) is 0 Å². The molecular weight excluding hydrogens is 292 g/mol. The summed E-state index contributed by atoms with van der Waals surface area (Å²) in [4.78, 5) is 23.9. The van der Waals surface area contributed by atoms with Crippen LogP contribution in [0.15, 0.2) is 54.6 Å². The van der Waals surface area contributed by atoms with E-state index in [0.717, 1.165) is 12.0 Å². The van der Waals surface area contributed by atoms with E-state index in [1.165, 1.54) is 7.11 Å². The number of rotatable bonds is 7. The van der Waals surface area contributed by atoms with Crippen molar-refractivity contribution in [1.29, 1.82) is 0 Å². The molecule has 23 heavy (non-hydrogen) atoms. The lowest BCUT2D eigenvalue weighted by Crippen LogP contribution is -2.27. The smallest absolute Gasteiger partial charge is 0.253 e. The Morgan fingerprint density at radius 2 is 1.70 bits per heavy atom. The molecule has 2 amide bonds. The molecule has 0 spiro atoms. The first kappa shape index (κ1) is 16.7. The number of methoxy groups -OCH3 is 1. The normalized spacial score (nSPS) is 10.1. The van der Waals surface area contributed by atoms with Crippen molar-refractivity contribution < 1.29 is 14.3 Å². The van der Waals surface area contributed by atoms with Gasteiger partial charge in [0.15, 0.2) is 0 Å². The van der Waals surface area contributed by atoms with Crippen molar-refractivity contribution in [3.05, 3.63) is 65.7 Å². The molecule has 5 nitrogen and oxygen atoms in total. The van der Waals surface area contributed by atoms with Crippen LogP contribution in [-0.4, -0.2) is 32.1 Å². The van der Waals surface area contributed by atoms with E-state index in [2.05, 4.69) is 10.6 Å². The van der Waals surface area contributed by atoms with Crippen LogP contribution in [0.3, 0.4) is 0 Å². The summed E-state index contributed by atoms with van der Waals surface area (Å²) in [6.07, 6.45) is 0.755. The molecule has 0 saturated heterocycles. The molecule has 0 atom stereocenters. The second-order valence-electron chi connectivity index (χ2n) is 5.02. The molecule has 0 aliphatic carbocycles. The highest BCUT2D eigenvalue weighted by Crippen LogP contribution is 2.14. The molecule has 2 aromatic rings. The predicted molar refractivity (Wildman–Crippen MR) is 89.4 cm³/mol. The fourth-order valence-corrected chi connectivity index (χ4v) is 2.17. The van der Waals surface area contributed by atoms with E-state index in [4.69, 9.17) is 4.74 Å². The maximum absolute atomic E-state index is 12.3. The van der Waals surface area contributed by atoms with Crippen LogP contribution < -0.4 is 10.6 Å². The van der Waals surface area contributed by atoms with Crippen LogP contribution in [-0.2, 0) is 16.0 Å². The molecule has 0 aromatic heterocycles. The third kappa shape index (κ3) is 5.23. The summed E-state index contributed by atoms with van der Waals surface area (Å²) < 4.78 is 4.78. The summed E-state index contributed by atoms with van der Waals surface area (Å²) in [5, 5.41) is 5.55. The number of nitrogens with one attached hydrogen (secondary N) is 2. The molecule has 2 rings (SSSR count). The van der Waals surface area contributed by atoms with E-state index in [9.17, 15) is 9.59 Å². The van der Waals surface area contributed by atoms with E-state index < -0.39 is 0 Å². The third-order valence-corrected chi connectivity index (χ3v) is 3.26. The maximum atomic E-state index is 12.3. The van der Waals surface area contributed by atoms with Crippen LogP contribution in [0.25, 0.3) is 0 Å². The molecule has 5 heteroatoms. The van der Waals surface area contributed by atoms with Gasteiger partial charge in [-0.25, -0.2) is 0 Å². The van der Waals surface area contributed by atoms with Gasteiger partial charge in [-0.15, -0.1) is 0 Å². The van der Waals surface area contributed by atoms with Gasteiger partial charge in [0.05, 0.1) is 11.3 Å². The number of carbonyl (C=O) groups is 2. The Labute approximate surface area is 135 Å². The Bertz CT molecular complexity index is 656. The molecule has 0 radical (unpaired) electrons. The second kappa shape index (κ2) is 8.70. The lowest BCUT2D eigenvalue weighted by Gasteiger charge is -2.11. The summed E-state index contributed by atoms with van der Waals surface area (Å²) >= 11 is 0. The number of amides is 2. The number of hydrogen-bond donors (Lipinski definition) is 2. The zero-order chi connectivity index (χ0) is 16.5. The van der Waals surface area contributed by atoms with Crippen LogP contribution in [0.4, 0.5) is 5.69 Å². The van der Waals surface area contributed by atoms with Gasteiger partial charge in [-0.05, 0) is 24.1 Å². The Kier molecular flexibility index (Phi) is 6.32. The van der Waals surface area contributed by atoms with Gasteiger partial charge in [-0.1, -0.05) is 42.5 Å². The highest BCUT2D eigenvalue weighted by molar-refractivity contribution is 6.03. The van der Waals surface area contributed by atoms with Crippen LogP contribution >= 0.6 is 0 Å². The second-order valence-corrected chi connectivity index (χ2v) is 5.02. The highest BCUT2D eigenvalue weighted by Gasteiger charge is 2.12. The molecular formula is C18H20N2O3. The van der Waals surface area contributed by atoms with Gasteiger partial charge in [0.1, 0.15) is 6.61 Å². The van der Waals surface area contributed by atoms with Gasteiger partial charge in [-0.2, -0.15) is 0 Å². The van der Waals surface area contributed by atoms with E-state index >= 15 is 0 Å². The van der Waals surface area contributed by atoms with E-state index in [-0.39, 0.29) is 18.4 Å². The van der Waals surface area contributed by atoms with Crippen molar-refractivity contribution in [2.75, 3.05) is 25.6 Å². The van der Waals surface area contributed by atoms with Crippen molar-refractivity contribution in [2.45, 2.75) is 6.42 Å². The van der Waals surface area contributed by atoms with Gasteiger partial charge in [0, 0.05) is 13.7 Å². The highest BCUT2D eigenvalue weighted by atomic mass is 16.5. The molecule has 0 heterocycles. The number of anilines is 1. The fraction of sp³-hybridized carbons (Fsp3) is 0.222. The zero-order valence-electron chi connectivity index (χ0n) is 13.0. The third-order valence-electron chi connectivity index (χ3n) is 3.26. The molecule has 2 aromatic carbocycles. The molecule has 0 saturated carbocycles. The molecule has 120 valence electrons. The summed E-state index contributed by atoms with van der Waals surface area (Å²) in [6, 6.07) is 16.8. The Morgan fingerprint density at radius 1 is 1.00 bits per heavy atom. The molecule has 0 fully saturated rings. The summed E-state index contributed by atoms with van der Waals surface area (Å²) in [6.45, 7) is 0.479. The molecule has 0 aliphatic rings. The minimum absolute atomic E-state index is 0.0516. The first-order valence-corrected chi connectivity index (χ1v) is 7.40. The molecule has 0 unspecified atom stereocenters. The quantitative estimate of drug-likeness (QED) is 0.824. The lowest BCUT2D eigenvalue weighted by molar-refractivity contribution is -0.119. The van der Waals surface area contributed by atoms with Crippen LogP contribution in [0.1, 0.15) is 15.9 Å². The predicted octanol–water partition coefficient (Wildman–Crippen LogP) is 2.24. The standard InChI is InChI=1S/C18H20N2O3/c1-23-13-17(21)20-16-10-6-5-9-15(16)18(22)19-12-11-14-7-3-2-4-8-14/h2-10H,11-13H2,1H3,(H,19,22)(H,20,21). The van der Waals surface area contributed by atoms with Gasteiger partial charge < -0.3 is 15.4 Å². The fourth-order valence-electron chi connectivity index (χ4n) is 2.17. The van der Waals surface area contributed by atoms with Crippen molar-refractivity contribution in [2.24, 2.45) is 0 Å². The topological polar surface area (TPSA) is 67.4 Å².